The molecule has 0 spiro atoms. The van der Waals surface area contributed by atoms with Crippen molar-refractivity contribution >= 4 is 23.1 Å². The van der Waals surface area contributed by atoms with Crippen molar-refractivity contribution in [3.05, 3.63) is 27.4 Å². The van der Waals surface area contributed by atoms with Gasteiger partial charge < -0.3 is 4.90 Å². The zero-order valence-electron chi connectivity index (χ0n) is 10.4. The van der Waals surface area contributed by atoms with Gasteiger partial charge in [0.25, 0.3) is 5.69 Å². The van der Waals surface area contributed by atoms with Crippen LogP contribution in [0.1, 0.15) is 27.2 Å². The Bertz CT molecular complexity index is 435. The van der Waals surface area contributed by atoms with Crippen LogP contribution in [-0.4, -0.2) is 22.5 Å². The van der Waals surface area contributed by atoms with E-state index in [2.05, 4.69) is 11.9 Å². The molecule has 1 aromatic rings. The van der Waals surface area contributed by atoms with Crippen molar-refractivity contribution in [3.63, 3.8) is 0 Å². The lowest BCUT2D eigenvalue weighted by Gasteiger charge is -2.35. The molecule has 0 aliphatic heterocycles. The van der Waals surface area contributed by atoms with E-state index in [1.807, 2.05) is 25.8 Å². The largest absolute Gasteiger partial charge is 0.354 e. The van der Waals surface area contributed by atoms with Crippen molar-refractivity contribution in [1.29, 1.82) is 0 Å². The summed E-state index contributed by atoms with van der Waals surface area (Å²) < 4.78 is 0. The summed E-state index contributed by atoms with van der Waals surface area (Å²) in [4.78, 5) is 16.3. The van der Waals surface area contributed by atoms with E-state index < -0.39 is 4.92 Å². The molecule has 0 saturated heterocycles. The second kappa shape index (κ2) is 4.87. The standard InChI is InChI=1S/C11H16ClN3O2/c1-5-11(2,3)14(4)10-7-8(15(16)17)6-9(12)13-10/h6-7H,5H2,1-4H3. The predicted molar refractivity (Wildman–Crippen MR) is 68.7 cm³/mol. The van der Waals surface area contributed by atoms with Crippen LogP contribution in [0.2, 0.25) is 5.15 Å². The van der Waals surface area contributed by atoms with Gasteiger partial charge in [-0.1, -0.05) is 18.5 Å². The second-order valence-corrected chi connectivity index (χ2v) is 4.88. The van der Waals surface area contributed by atoms with Crippen LogP contribution in [0.3, 0.4) is 0 Å². The molecule has 0 radical (unpaired) electrons. The van der Waals surface area contributed by atoms with E-state index in [-0.39, 0.29) is 16.4 Å². The van der Waals surface area contributed by atoms with Gasteiger partial charge in [0.1, 0.15) is 11.0 Å². The summed E-state index contributed by atoms with van der Waals surface area (Å²) in [7, 11) is 1.85. The molecule has 0 saturated carbocycles. The third kappa shape index (κ3) is 3.06. The molecule has 5 nitrogen and oxygen atoms in total. The minimum absolute atomic E-state index is 0.0428. The summed E-state index contributed by atoms with van der Waals surface area (Å²) in [6, 6.07) is 2.68. The SMILES string of the molecule is CCC(C)(C)N(C)c1cc([N+](=O)[O-])cc(Cl)n1. The number of pyridine rings is 1. The van der Waals surface area contributed by atoms with Crippen molar-refractivity contribution in [1.82, 2.24) is 4.98 Å². The fraction of sp³-hybridized carbons (Fsp3) is 0.545. The zero-order chi connectivity index (χ0) is 13.2. The van der Waals surface area contributed by atoms with E-state index >= 15 is 0 Å². The molecule has 0 unspecified atom stereocenters. The molecule has 6 heteroatoms. The number of halogens is 1. The zero-order valence-corrected chi connectivity index (χ0v) is 11.2. The van der Waals surface area contributed by atoms with Crippen LogP contribution in [0.15, 0.2) is 12.1 Å². The summed E-state index contributed by atoms with van der Waals surface area (Å²) in [6.07, 6.45) is 0.894. The van der Waals surface area contributed by atoms with Crippen molar-refractivity contribution in [3.8, 4) is 0 Å². The number of hydrogen-bond acceptors (Lipinski definition) is 4. The van der Waals surface area contributed by atoms with Gasteiger partial charge in [0.15, 0.2) is 0 Å². The molecule has 0 bridgehead atoms. The van der Waals surface area contributed by atoms with E-state index in [4.69, 9.17) is 11.6 Å². The number of aromatic nitrogens is 1. The second-order valence-electron chi connectivity index (χ2n) is 4.49. The number of nitrogens with zero attached hydrogens (tertiary/aromatic N) is 3. The van der Waals surface area contributed by atoms with Crippen LogP contribution < -0.4 is 4.90 Å². The first-order valence-corrected chi connectivity index (χ1v) is 5.71. The number of hydrogen-bond donors (Lipinski definition) is 0. The Hall–Kier alpha value is -1.36. The van der Waals surface area contributed by atoms with Gasteiger partial charge in [-0.05, 0) is 20.3 Å². The van der Waals surface area contributed by atoms with E-state index in [0.717, 1.165) is 6.42 Å². The Kier molecular flexibility index (Phi) is 3.93. The van der Waals surface area contributed by atoms with Crippen molar-refractivity contribution in [2.24, 2.45) is 0 Å². The molecule has 17 heavy (non-hydrogen) atoms. The Balaban J connectivity index is 3.18. The third-order valence-corrected chi connectivity index (χ3v) is 3.29. The van der Waals surface area contributed by atoms with Crippen LogP contribution in [-0.2, 0) is 0 Å². The fourth-order valence-corrected chi connectivity index (χ4v) is 1.49. The molecular weight excluding hydrogens is 242 g/mol. The van der Waals surface area contributed by atoms with Gasteiger partial charge in [-0.2, -0.15) is 0 Å². The topological polar surface area (TPSA) is 59.3 Å². The van der Waals surface area contributed by atoms with Crippen molar-refractivity contribution < 1.29 is 4.92 Å². The molecule has 0 fully saturated rings. The third-order valence-electron chi connectivity index (χ3n) is 3.09. The monoisotopic (exact) mass is 257 g/mol. The molecule has 0 aliphatic rings. The quantitative estimate of drug-likeness (QED) is 0.472. The summed E-state index contributed by atoms with van der Waals surface area (Å²) in [5, 5.41) is 10.9. The van der Waals surface area contributed by atoms with Gasteiger partial charge in [-0.15, -0.1) is 0 Å². The number of nitro groups is 1. The van der Waals surface area contributed by atoms with Gasteiger partial charge in [-0.3, -0.25) is 10.1 Å². The highest BCUT2D eigenvalue weighted by Crippen LogP contribution is 2.28. The Morgan fingerprint density at radius 2 is 2.12 bits per heavy atom. The molecule has 1 rings (SSSR count). The van der Waals surface area contributed by atoms with Gasteiger partial charge in [0.2, 0.25) is 0 Å². The molecule has 0 atom stereocenters. The summed E-state index contributed by atoms with van der Waals surface area (Å²) in [5.74, 6) is 0.510. The highest BCUT2D eigenvalue weighted by atomic mass is 35.5. The highest BCUT2D eigenvalue weighted by Gasteiger charge is 2.24. The molecule has 0 aliphatic carbocycles. The summed E-state index contributed by atoms with van der Waals surface area (Å²) >= 11 is 5.79. The van der Waals surface area contributed by atoms with Crippen LogP contribution in [0.5, 0.6) is 0 Å². The molecule has 1 aromatic heterocycles. The predicted octanol–water partition coefficient (Wildman–Crippen LogP) is 3.27. The lowest BCUT2D eigenvalue weighted by atomic mass is 10.00. The van der Waals surface area contributed by atoms with Crippen LogP contribution in [0.4, 0.5) is 11.5 Å². The van der Waals surface area contributed by atoms with E-state index in [0.29, 0.717) is 5.82 Å². The van der Waals surface area contributed by atoms with Crippen LogP contribution in [0, 0.1) is 10.1 Å². The maximum atomic E-state index is 10.7. The maximum Gasteiger partial charge on any atom is 0.276 e. The normalized spacial score (nSPS) is 11.4. The molecule has 0 amide bonds. The van der Waals surface area contributed by atoms with E-state index in [1.165, 1.54) is 12.1 Å². The average molecular weight is 258 g/mol. The maximum absolute atomic E-state index is 10.7. The highest BCUT2D eigenvalue weighted by molar-refractivity contribution is 6.29. The average Bonchev–Trinajstić information content (AvgIpc) is 2.27. The molecular formula is C11H16ClN3O2. The van der Waals surface area contributed by atoms with Gasteiger partial charge >= 0.3 is 0 Å². The van der Waals surface area contributed by atoms with E-state index in [1.54, 1.807) is 0 Å². The lowest BCUT2D eigenvalue weighted by molar-refractivity contribution is -0.384. The van der Waals surface area contributed by atoms with Gasteiger partial charge in [0, 0.05) is 12.6 Å². The first kappa shape index (κ1) is 13.7. The fourth-order valence-electron chi connectivity index (χ4n) is 1.29. The van der Waals surface area contributed by atoms with Crippen molar-refractivity contribution in [2.75, 3.05) is 11.9 Å². The first-order valence-electron chi connectivity index (χ1n) is 5.33. The summed E-state index contributed by atoms with van der Waals surface area (Å²) in [5.41, 5.74) is -0.176. The number of anilines is 1. The van der Waals surface area contributed by atoms with Crippen LogP contribution in [0.25, 0.3) is 0 Å². The first-order chi connectivity index (χ1) is 7.77. The van der Waals surface area contributed by atoms with Crippen LogP contribution >= 0.6 is 11.6 Å². The van der Waals surface area contributed by atoms with Crippen molar-refractivity contribution in [2.45, 2.75) is 32.7 Å². The minimum atomic E-state index is -0.468. The smallest absolute Gasteiger partial charge is 0.276 e. The number of rotatable bonds is 4. The van der Waals surface area contributed by atoms with Gasteiger partial charge in [0.05, 0.1) is 17.1 Å². The Morgan fingerprint density at radius 1 is 1.53 bits per heavy atom. The summed E-state index contributed by atoms with van der Waals surface area (Å²) in [6.45, 7) is 6.14. The molecule has 94 valence electrons. The van der Waals surface area contributed by atoms with Gasteiger partial charge in [-0.25, -0.2) is 4.98 Å². The molecule has 1 heterocycles. The molecule has 0 N–H and O–H groups in total. The molecule has 0 aromatic carbocycles. The Morgan fingerprint density at radius 3 is 2.59 bits per heavy atom. The van der Waals surface area contributed by atoms with E-state index in [9.17, 15) is 10.1 Å². The lowest BCUT2D eigenvalue weighted by Crippen LogP contribution is -2.41. The minimum Gasteiger partial charge on any atom is -0.354 e. The Labute approximate surface area is 106 Å².